The molecule has 0 unspecified atom stereocenters. The summed E-state index contributed by atoms with van der Waals surface area (Å²) in [7, 11) is -6.61. The van der Waals surface area contributed by atoms with E-state index in [4.69, 9.17) is 18.1 Å². The van der Waals surface area contributed by atoms with Crippen molar-refractivity contribution in [2.75, 3.05) is 26.4 Å². The van der Waals surface area contributed by atoms with Crippen molar-refractivity contribution in [2.24, 2.45) is 0 Å². The first-order chi connectivity index (χ1) is 21.7. The van der Waals surface area contributed by atoms with Crippen LogP contribution in [0.3, 0.4) is 0 Å². The third-order valence-corrected chi connectivity index (χ3v) is 11.0. The number of phenolic OH excluding ortho intramolecular Hbond substituents is 2. The van der Waals surface area contributed by atoms with E-state index in [-0.39, 0.29) is 38.2 Å². The Hall–Kier alpha value is -1.43. The molecule has 2 aromatic rings. The molecule has 2 N–H and O–H groups in total. The van der Waals surface area contributed by atoms with Gasteiger partial charge in [-0.25, -0.2) is 0 Å². The van der Waals surface area contributed by atoms with Crippen LogP contribution in [0.15, 0.2) is 24.3 Å². The average Bonchev–Trinajstić information content (AvgIpc) is 2.88. The minimum Gasteiger partial charge on any atom is -0.510 e. The number of hydrogen-bond acceptors (Lipinski definition) is 8. The van der Waals surface area contributed by atoms with Crippen LogP contribution in [0.2, 0.25) is 0 Å². The predicted octanol–water partition coefficient (Wildman–Crippen LogP) is 11.5. The first-order valence-corrected chi connectivity index (χ1v) is 20.2. The van der Waals surface area contributed by atoms with Crippen LogP contribution in [0.25, 0.3) is 0 Å². The Labute approximate surface area is 308 Å². The van der Waals surface area contributed by atoms with Gasteiger partial charge in [-0.05, 0) is 49.4 Å². The molecule has 284 valence electrons. The van der Waals surface area contributed by atoms with E-state index in [9.17, 15) is 19.3 Å². The Morgan fingerprint density at radius 2 is 0.673 bits per heavy atom. The molecule has 0 heterocycles. The topological polar surface area (TPSA) is 112 Å². The molecule has 0 spiro atoms. The Bertz CT molecular complexity index is 1240. The molecule has 8 nitrogen and oxygen atoms in total. The maximum atomic E-state index is 12.8. The Morgan fingerprint density at radius 3 is 0.816 bits per heavy atom. The molecule has 49 heavy (non-hydrogen) atoms. The van der Waals surface area contributed by atoms with Crippen molar-refractivity contribution in [1.82, 2.24) is 0 Å². The molecule has 0 radical (unpaired) electrons. The summed E-state index contributed by atoms with van der Waals surface area (Å²) < 4.78 is 47.1. The average molecular weight is 770 g/mol. The molecule has 0 saturated heterocycles. The Morgan fingerprint density at radius 1 is 0.490 bits per heavy atom. The third-order valence-electron chi connectivity index (χ3n) is 7.35. The van der Waals surface area contributed by atoms with E-state index in [1.807, 2.05) is 107 Å². The fourth-order valence-corrected chi connectivity index (χ4v) is 7.97. The molecule has 0 aliphatic rings. The molecule has 2 rings (SSSR count). The van der Waals surface area contributed by atoms with Gasteiger partial charge in [-0.2, -0.15) is 35.4 Å². The standard InChI is InChI=1S/2C19H32O4P.Ni/c2*1-9-22-24(21,23-10-2)13-14-11-15(18(3,4)5)17(20)16(12-14)19(6,7)8;/h2*11-13,20H,9-10H2,1-8H3;/q2*-1;+2. The van der Waals surface area contributed by atoms with Gasteiger partial charge in [-0.15, -0.1) is 0 Å². The Balaban J connectivity index is 0.000000922. The van der Waals surface area contributed by atoms with Crippen LogP contribution < -0.4 is 0 Å². The zero-order valence-electron chi connectivity index (χ0n) is 32.8. The second-order valence-corrected chi connectivity index (χ2v) is 19.6. The van der Waals surface area contributed by atoms with Gasteiger partial charge in [0.15, 0.2) is 0 Å². The molecule has 0 aromatic heterocycles. The van der Waals surface area contributed by atoms with E-state index < -0.39 is 15.2 Å². The van der Waals surface area contributed by atoms with Crippen LogP contribution in [-0.2, 0) is 65.4 Å². The van der Waals surface area contributed by atoms with Crippen molar-refractivity contribution < 1.29 is 53.9 Å². The summed E-state index contributed by atoms with van der Waals surface area (Å²) >= 11 is 0. The molecule has 0 fully saturated rings. The predicted molar refractivity (Wildman–Crippen MR) is 200 cm³/mol. The number of rotatable bonds is 12. The van der Waals surface area contributed by atoms with E-state index in [2.05, 4.69) is 0 Å². The van der Waals surface area contributed by atoms with Crippen molar-refractivity contribution in [3.63, 3.8) is 0 Å². The van der Waals surface area contributed by atoms with Gasteiger partial charge in [0, 0.05) is 0 Å². The first-order valence-electron chi connectivity index (χ1n) is 16.9. The molecule has 2 aromatic carbocycles. The van der Waals surface area contributed by atoms with E-state index in [1.54, 1.807) is 40.0 Å². The maximum absolute atomic E-state index is 12.8. The van der Waals surface area contributed by atoms with Gasteiger partial charge in [-0.3, -0.25) is 9.13 Å². The van der Waals surface area contributed by atoms with Crippen LogP contribution in [0, 0.1) is 12.3 Å². The van der Waals surface area contributed by atoms with E-state index in [0.29, 0.717) is 37.9 Å². The third kappa shape index (κ3) is 14.3. The van der Waals surface area contributed by atoms with Crippen LogP contribution in [0.5, 0.6) is 11.5 Å². The van der Waals surface area contributed by atoms with Gasteiger partial charge in [0.25, 0.3) is 0 Å². The monoisotopic (exact) mass is 768 g/mol. The summed E-state index contributed by atoms with van der Waals surface area (Å²) in [6.45, 7) is 32.9. The minimum atomic E-state index is -3.31. The number of phenols is 2. The molecule has 0 bridgehead atoms. The molecular weight excluding hydrogens is 705 g/mol. The summed E-state index contributed by atoms with van der Waals surface area (Å²) in [4.78, 5) is 0. The van der Waals surface area contributed by atoms with Gasteiger partial charge >= 0.3 is 31.7 Å². The van der Waals surface area contributed by atoms with Crippen LogP contribution in [-0.4, -0.2) is 36.6 Å². The molecule has 0 aliphatic heterocycles. The van der Waals surface area contributed by atoms with Crippen LogP contribution in [0.1, 0.15) is 144 Å². The molecule has 0 atom stereocenters. The molecular formula is C38H64NiO8P2. The van der Waals surface area contributed by atoms with Crippen molar-refractivity contribution in [3.05, 3.63) is 70.0 Å². The molecule has 0 amide bonds. The number of aromatic hydroxyl groups is 2. The minimum absolute atomic E-state index is 0. The summed E-state index contributed by atoms with van der Waals surface area (Å²) in [6.07, 6.45) is 3.12. The second kappa shape index (κ2) is 18.4. The van der Waals surface area contributed by atoms with Crippen molar-refractivity contribution in [1.29, 1.82) is 0 Å². The van der Waals surface area contributed by atoms with Crippen LogP contribution in [0.4, 0.5) is 0 Å². The van der Waals surface area contributed by atoms with E-state index >= 15 is 0 Å². The van der Waals surface area contributed by atoms with Crippen molar-refractivity contribution in [2.45, 2.75) is 132 Å². The summed E-state index contributed by atoms with van der Waals surface area (Å²) in [5.41, 5.74) is 3.80. The fraction of sp³-hybridized carbons (Fsp3) is 0.632. The van der Waals surface area contributed by atoms with Gasteiger partial charge in [0.2, 0.25) is 0 Å². The fourth-order valence-electron chi connectivity index (χ4n) is 5.06. The SMILES string of the molecule is CCOP(=O)([CH-]c1cc(C(C)(C)C)c(O)c(C(C)(C)C)c1)OCC.CCOP(=O)([CH-]c1cc(C(C)(C)C)c(O)c(C(C)(C)C)c1)OCC.[Ni+2]. The normalized spacial score (nSPS) is 12.9. The van der Waals surface area contributed by atoms with Gasteiger partial charge in [-0.1, -0.05) is 118 Å². The van der Waals surface area contributed by atoms with Crippen LogP contribution >= 0.6 is 15.2 Å². The number of benzene rings is 2. The van der Waals surface area contributed by atoms with E-state index in [1.165, 1.54) is 0 Å². The molecule has 11 heteroatoms. The zero-order chi connectivity index (χ0) is 37.5. The smallest absolute Gasteiger partial charge is 0.510 e. The Kier molecular flexibility index (Phi) is 17.8. The zero-order valence-corrected chi connectivity index (χ0v) is 35.6. The molecule has 0 saturated carbocycles. The summed E-state index contributed by atoms with van der Waals surface area (Å²) in [5, 5.41) is 21.5. The van der Waals surface area contributed by atoms with Gasteiger partial charge < -0.3 is 28.3 Å². The molecule has 0 aliphatic carbocycles. The van der Waals surface area contributed by atoms with Gasteiger partial charge in [0.1, 0.15) is 0 Å². The second-order valence-electron chi connectivity index (χ2n) is 15.9. The largest absolute Gasteiger partial charge is 2.00 e. The number of hydrogen-bond donors (Lipinski definition) is 2. The summed E-state index contributed by atoms with van der Waals surface area (Å²) in [5.74, 6) is 0.601. The quantitative estimate of drug-likeness (QED) is 0.125. The van der Waals surface area contributed by atoms with E-state index in [0.717, 1.165) is 33.4 Å². The van der Waals surface area contributed by atoms with Crippen molar-refractivity contribution >= 4 is 15.2 Å². The van der Waals surface area contributed by atoms with Crippen molar-refractivity contribution in [3.8, 4) is 11.5 Å². The summed E-state index contributed by atoms with van der Waals surface area (Å²) in [6, 6.07) is 7.48. The first kappa shape index (κ1) is 47.6. The maximum Gasteiger partial charge on any atom is 2.00 e. The van der Waals surface area contributed by atoms with Gasteiger partial charge in [0.05, 0.1) is 37.9 Å².